The number of amides is 1. The number of hydrogen-bond acceptors (Lipinski definition) is 3. The molecule has 2 aromatic rings. The number of nitrogens with one attached hydrogen (secondary N) is 1. The van der Waals surface area contributed by atoms with E-state index in [0.29, 0.717) is 17.7 Å². The highest BCUT2D eigenvalue weighted by molar-refractivity contribution is 5.98. The summed E-state index contributed by atoms with van der Waals surface area (Å²) in [5.74, 6) is -0.423. The van der Waals surface area contributed by atoms with E-state index >= 15 is 0 Å². The predicted octanol–water partition coefficient (Wildman–Crippen LogP) is 3.86. The molecule has 0 saturated carbocycles. The highest BCUT2D eigenvalue weighted by Gasteiger charge is 2.31. The summed E-state index contributed by atoms with van der Waals surface area (Å²) in [7, 11) is 0. The highest BCUT2D eigenvalue weighted by Crippen LogP contribution is 2.27. The van der Waals surface area contributed by atoms with Crippen LogP contribution in [0, 0.1) is 17.2 Å². The van der Waals surface area contributed by atoms with Crippen LogP contribution < -0.4 is 5.32 Å². The minimum Gasteiger partial charge on any atom is -0.459 e. The molecule has 0 spiro atoms. The molecular formula is C19H24FNO3. The molecule has 0 bridgehead atoms. The van der Waals surface area contributed by atoms with E-state index < -0.39 is 11.5 Å². The lowest BCUT2D eigenvalue weighted by Crippen LogP contribution is -2.43. The van der Waals surface area contributed by atoms with E-state index in [1.165, 1.54) is 18.4 Å². The van der Waals surface area contributed by atoms with Gasteiger partial charge >= 0.3 is 0 Å². The Morgan fingerprint density at radius 1 is 1.25 bits per heavy atom. The average molecular weight is 333 g/mol. The van der Waals surface area contributed by atoms with Gasteiger partial charge in [-0.2, -0.15) is 0 Å². The fourth-order valence-electron chi connectivity index (χ4n) is 2.74. The van der Waals surface area contributed by atoms with Crippen molar-refractivity contribution in [1.82, 2.24) is 5.32 Å². The number of aliphatic hydroxyl groups excluding tert-OH is 1. The molecule has 0 aliphatic carbocycles. The molecule has 4 nitrogen and oxygen atoms in total. The van der Waals surface area contributed by atoms with Crippen LogP contribution in [0.25, 0.3) is 11.1 Å². The van der Waals surface area contributed by atoms with Crippen molar-refractivity contribution in [2.45, 2.75) is 33.8 Å². The Labute approximate surface area is 141 Å². The molecular weight excluding hydrogens is 309 g/mol. The maximum absolute atomic E-state index is 13.1. The van der Waals surface area contributed by atoms with Crippen LogP contribution in [0.1, 0.15) is 38.2 Å². The first kappa shape index (κ1) is 18.2. The molecule has 0 aliphatic heterocycles. The van der Waals surface area contributed by atoms with E-state index in [-0.39, 0.29) is 23.4 Å². The summed E-state index contributed by atoms with van der Waals surface area (Å²) in [6.45, 7) is 8.00. The first-order valence-electron chi connectivity index (χ1n) is 8.02. The zero-order valence-electron chi connectivity index (χ0n) is 14.5. The smallest absolute Gasteiger partial charge is 0.287 e. The van der Waals surface area contributed by atoms with E-state index in [1.54, 1.807) is 18.2 Å². The normalized spacial score (nSPS) is 13.1. The third-order valence-corrected chi connectivity index (χ3v) is 4.16. The molecule has 0 radical (unpaired) electrons. The second-order valence-electron chi connectivity index (χ2n) is 7.03. The molecule has 1 heterocycles. The van der Waals surface area contributed by atoms with Gasteiger partial charge in [-0.1, -0.05) is 39.8 Å². The molecule has 1 aromatic heterocycles. The number of aliphatic hydroxyl groups is 1. The molecule has 1 atom stereocenters. The van der Waals surface area contributed by atoms with Crippen molar-refractivity contribution in [3.63, 3.8) is 0 Å². The molecule has 5 heteroatoms. The van der Waals surface area contributed by atoms with Crippen LogP contribution in [0.15, 0.2) is 41.0 Å². The zero-order valence-corrected chi connectivity index (χ0v) is 14.5. The van der Waals surface area contributed by atoms with Crippen molar-refractivity contribution in [2.75, 3.05) is 6.54 Å². The monoisotopic (exact) mass is 333 g/mol. The lowest BCUT2D eigenvalue weighted by molar-refractivity contribution is 0.0136. The Morgan fingerprint density at radius 2 is 1.88 bits per heavy atom. The van der Waals surface area contributed by atoms with Gasteiger partial charge < -0.3 is 14.8 Å². The third-order valence-electron chi connectivity index (χ3n) is 4.16. The summed E-state index contributed by atoms with van der Waals surface area (Å²) in [5.41, 5.74) is 0.846. The maximum Gasteiger partial charge on any atom is 0.287 e. The number of halogens is 1. The minimum absolute atomic E-state index is 0.0929. The van der Waals surface area contributed by atoms with Crippen LogP contribution in [-0.4, -0.2) is 23.7 Å². The van der Waals surface area contributed by atoms with E-state index in [4.69, 9.17) is 4.42 Å². The fraction of sp³-hybridized carbons (Fsp3) is 0.421. The van der Waals surface area contributed by atoms with Crippen LogP contribution in [0.2, 0.25) is 0 Å². The van der Waals surface area contributed by atoms with Gasteiger partial charge in [0.05, 0.1) is 12.4 Å². The van der Waals surface area contributed by atoms with E-state index in [1.807, 2.05) is 27.7 Å². The maximum atomic E-state index is 13.1. The standard InChI is InChI=1S/C19H24FNO3/c1-12(2)17(22)19(3,4)11-21-18(23)16-15(9-10-24-16)13-5-7-14(20)8-6-13/h5-10,12,17,22H,11H2,1-4H3,(H,21,23). The van der Waals surface area contributed by atoms with Crippen LogP contribution in [-0.2, 0) is 0 Å². The molecule has 1 aromatic carbocycles. The summed E-state index contributed by atoms with van der Waals surface area (Å²) < 4.78 is 18.4. The Hall–Kier alpha value is -2.14. The number of furan rings is 1. The van der Waals surface area contributed by atoms with Crippen molar-refractivity contribution < 1.29 is 18.7 Å². The lowest BCUT2D eigenvalue weighted by atomic mass is 9.80. The molecule has 2 N–H and O–H groups in total. The van der Waals surface area contributed by atoms with Gasteiger partial charge in [0.1, 0.15) is 5.82 Å². The Bertz CT molecular complexity index is 689. The van der Waals surface area contributed by atoms with Crippen LogP contribution in [0.5, 0.6) is 0 Å². The fourth-order valence-corrected chi connectivity index (χ4v) is 2.74. The van der Waals surface area contributed by atoms with Crippen molar-refractivity contribution in [2.24, 2.45) is 11.3 Å². The van der Waals surface area contributed by atoms with Crippen LogP contribution in [0.4, 0.5) is 4.39 Å². The number of rotatable bonds is 6. The number of carbonyl (C=O) groups is 1. The molecule has 2 rings (SSSR count). The average Bonchev–Trinajstić information content (AvgIpc) is 3.02. The van der Waals surface area contributed by atoms with Crippen molar-refractivity contribution in [1.29, 1.82) is 0 Å². The third kappa shape index (κ3) is 4.03. The van der Waals surface area contributed by atoms with Gasteiger partial charge in [0.25, 0.3) is 5.91 Å². The van der Waals surface area contributed by atoms with E-state index in [0.717, 1.165) is 0 Å². The van der Waals surface area contributed by atoms with Gasteiger partial charge in [0, 0.05) is 17.5 Å². The van der Waals surface area contributed by atoms with Gasteiger partial charge in [0.2, 0.25) is 0 Å². The Balaban J connectivity index is 2.12. The molecule has 0 fully saturated rings. The molecule has 0 aliphatic rings. The minimum atomic E-state index is -0.536. The number of carbonyl (C=O) groups excluding carboxylic acids is 1. The van der Waals surface area contributed by atoms with Gasteiger partial charge in [-0.25, -0.2) is 4.39 Å². The van der Waals surface area contributed by atoms with Crippen molar-refractivity contribution in [3.8, 4) is 11.1 Å². The van der Waals surface area contributed by atoms with Crippen LogP contribution >= 0.6 is 0 Å². The predicted molar refractivity (Wildman–Crippen MR) is 91.1 cm³/mol. The highest BCUT2D eigenvalue weighted by atomic mass is 19.1. The number of benzene rings is 1. The van der Waals surface area contributed by atoms with E-state index in [2.05, 4.69) is 5.32 Å². The molecule has 130 valence electrons. The summed E-state index contributed by atoms with van der Waals surface area (Å²) in [4.78, 5) is 12.4. The van der Waals surface area contributed by atoms with Gasteiger partial charge in [0.15, 0.2) is 5.76 Å². The van der Waals surface area contributed by atoms with Gasteiger partial charge in [-0.05, 0) is 29.7 Å². The number of hydrogen-bond donors (Lipinski definition) is 2. The lowest BCUT2D eigenvalue weighted by Gasteiger charge is -2.33. The van der Waals surface area contributed by atoms with Crippen molar-refractivity contribution >= 4 is 5.91 Å². The molecule has 1 amide bonds. The van der Waals surface area contributed by atoms with Gasteiger partial charge in [-0.15, -0.1) is 0 Å². The second kappa shape index (κ2) is 7.18. The van der Waals surface area contributed by atoms with Crippen LogP contribution in [0.3, 0.4) is 0 Å². The first-order chi connectivity index (χ1) is 11.2. The molecule has 1 unspecified atom stereocenters. The second-order valence-corrected chi connectivity index (χ2v) is 7.03. The summed E-state index contributed by atoms with van der Waals surface area (Å²) >= 11 is 0. The Kier molecular flexibility index (Phi) is 5.44. The summed E-state index contributed by atoms with van der Waals surface area (Å²) in [6.07, 6.45) is 0.896. The first-order valence-corrected chi connectivity index (χ1v) is 8.02. The SMILES string of the molecule is CC(C)C(O)C(C)(C)CNC(=O)c1occc1-c1ccc(F)cc1. The summed E-state index contributed by atoms with van der Waals surface area (Å²) in [6, 6.07) is 7.56. The molecule has 0 saturated heterocycles. The largest absolute Gasteiger partial charge is 0.459 e. The Morgan fingerprint density at radius 3 is 2.46 bits per heavy atom. The zero-order chi connectivity index (χ0) is 17.9. The van der Waals surface area contributed by atoms with Crippen molar-refractivity contribution in [3.05, 3.63) is 48.2 Å². The topological polar surface area (TPSA) is 62.5 Å². The summed E-state index contributed by atoms with van der Waals surface area (Å²) in [5, 5.41) is 13.1. The van der Waals surface area contributed by atoms with Gasteiger partial charge in [-0.3, -0.25) is 4.79 Å². The quantitative estimate of drug-likeness (QED) is 0.844. The molecule has 24 heavy (non-hydrogen) atoms. The van der Waals surface area contributed by atoms with E-state index in [9.17, 15) is 14.3 Å².